The lowest BCUT2D eigenvalue weighted by Gasteiger charge is -2.60. The predicted octanol–water partition coefficient (Wildman–Crippen LogP) is 1.09. The van der Waals surface area contributed by atoms with E-state index in [1.807, 2.05) is 19.9 Å². The molecule has 0 bridgehead atoms. The number of alkyl halides is 1. The van der Waals surface area contributed by atoms with Crippen LogP contribution >= 0.6 is 19.4 Å². The van der Waals surface area contributed by atoms with Crippen LogP contribution in [-0.4, -0.2) is 65.3 Å². The van der Waals surface area contributed by atoms with Gasteiger partial charge in [-0.2, -0.15) is 0 Å². The number of aliphatic hydroxyl groups excluding tert-OH is 2. The first kappa shape index (κ1) is 26.7. The molecule has 11 heteroatoms. The summed E-state index contributed by atoms with van der Waals surface area (Å²) in [6, 6.07) is 0. The Kier molecular flexibility index (Phi) is 6.99. The molecule has 3 saturated carbocycles. The summed E-state index contributed by atoms with van der Waals surface area (Å²) in [6.45, 7) is 5.05. The monoisotopic (exact) mass is 506 g/mol. The number of rotatable bonds is 2. The Labute approximate surface area is 197 Å². The topological polar surface area (TPSA) is 173 Å². The maximum Gasteiger partial charge on any atom is 0.466 e. The highest BCUT2D eigenvalue weighted by molar-refractivity contribution is 7.45. The van der Waals surface area contributed by atoms with Gasteiger partial charge in [-0.05, 0) is 49.2 Å². The summed E-state index contributed by atoms with van der Waals surface area (Å²) in [5.41, 5.74) is -2.04. The van der Waals surface area contributed by atoms with E-state index in [1.165, 1.54) is 0 Å². The molecule has 0 aromatic carbocycles. The summed E-state index contributed by atoms with van der Waals surface area (Å²) in [4.78, 5) is 46.1. The number of carbonyl (C=O) groups excluding carboxylic acids is 2. The number of allylic oxidation sites excluding steroid dienone is 4. The molecule has 0 unspecified atom stereocenters. The third-order valence-electron chi connectivity index (χ3n) is 8.63. The molecule has 0 heterocycles. The van der Waals surface area contributed by atoms with Crippen LogP contribution in [0.4, 0.5) is 0 Å². The summed E-state index contributed by atoms with van der Waals surface area (Å²) in [7, 11) is -4.64. The fraction of sp³-hybridized carbons (Fsp3) is 0.727. The molecule has 0 aromatic heterocycles. The third kappa shape index (κ3) is 4.21. The lowest BCUT2D eigenvalue weighted by molar-refractivity contribution is -0.183. The van der Waals surface area contributed by atoms with E-state index in [-0.39, 0.29) is 41.3 Å². The van der Waals surface area contributed by atoms with Crippen molar-refractivity contribution in [2.45, 2.75) is 57.1 Å². The summed E-state index contributed by atoms with van der Waals surface area (Å²) in [5.74, 6) is -1.29. The molecule has 4 rings (SSSR count). The Morgan fingerprint density at radius 1 is 1.27 bits per heavy atom. The van der Waals surface area contributed by atoms with E-state index in [9.17, 15) is 24.9 Å². The van der Waals surface area contributed by atoms with E-state index in [0.29, 0.717) is 12.8 Å². The largest absolute Gasteiger partial charge is 0.466 e. The van der Waals surface area contributed by atoms with Crippen molar-refractivity contribution >= 4 is 31.0 Å². The number of aliphatic hydroxyl groups is 3. The fourth-order valence-corrected chi connectivity index (χ4v) is 7.79. The Bertz CT molecular complexity index is 936. The zero-order valence-corrected chi connectivity index (χ0v) is 20.4. The molecule has 4 aliphatic rings. The van der Waals surface area contributed by atoms with Crippen molar-refractivity contribution in [3.63, 3.8) is 0 Å². The number of Topliss-reactive ketones (excluding diaryl/α,β-unsaturated/α-hetero) is 1. The van der Waals surface area contributed by atoms with E-state index in [0.717, 1.165) is 5.57 Å². The van der Waals surface area contributed by atoms with Crippen LogP contribution in [0.25, 0.3) is 0 Å². The second-order valence-electron chi connectivity index (χ2n) is 10.3. The van der Waals surface area contributed by atoms with Crippen LogP contribution in [0.2, 0.25) is 0 Å². The summed E-state index contributed by atoms with van der Waals surface area (Å²) >= 11 is 6.86. The number of ketones is 2. The Morgan fingerprint density at radius 3 is 2.39 bits per heavy atom. The predicted molar refractivity (Wildman–Crippen MR) is 119 cm³/mol. The summed E-state index contributed by atoms with van der Waals surface area (Å²) in [6.07, 6.45) is 5.78. The van der Waals surface area contributed by atoms with Crippen molar-refractivity contribution in [2.24, 2.45) is 34.5 Å². The van der Waals surface area contributed by atoms with E-state index in [4.69, 9.17) is 30.8 Å². The molecule has 0 aliphatic heterocycles. The molecule has 186 valence electrons. The van der Waals surface area contributed by atoms with Gasteiger partial charge in [0.2, 0.25) is 0 Å². The first-order valence-corrected chi connectivity index (χ1v) is 12.9. The van der Waals surface area contributed by atoms with Crippen molar-refractivity contribution in [1.82, 2.24) is 0 Å². The first-order chi connectivity index (χ1) is 15.0. The third-order valence-corrected chi connectivity index (χ3v) is 9.08. The molecule has 33 heavy (non-hydrogen) atoms. The molecular formula is C22H32ClO9P. The van der Waals surface area contributed by atoms with Crippen molar-refractivity contribution < 1.29 is 44.2 Å². The minimum atomic E-state index is -4.64. The lowest BCUT2D eigenvalue weighted by Crippen LogP contribution is -2.64. The van der Waals surface area contributed by atoms with Gasteiger partial charge in [-0.15, -0.1) is 11.6 Å². The molecule has 3 fully saturated rings. The van der Waals surface area contributed by atoms with Crippen LogP contribution < -0.4 is 0 Å². The van der Waals surface area contributed by atoms with Gasteiger partial charge in [-0.1, -0.05) is 32.4 Å². The van der Waals surface area contributed by atoms with Gasteiger partial charge in [0.25, 0.3) is 0 Å². The molecule has 9 atom stereocenters. The average molecular weight is 507 g/mol. The Balaban J connectivity index is 0.000000555. The quantitative estimate of drug-likeness (QED) is 0.237. The van der Waals surface area contributed by atoms with Crippen molar-refractivity contribution in [3.05, 3.63) is 23.8 Å². The number of hydrogen-bond acceptors (Lipinski definition) is 6. The molecule has 0 saturated heterocycles. The maximum atomic E-state index is 12.6. The van der Waals surface area contributed by atoms with Crippen LogP contribution in [0.5, 0.6) is 0 Å². The number of hydrogen-bond donors (Lipinski definition) is 6. The van der Waals surface area contributed by atoms with Crippen LogP contribution in [0.3, 0.4) is 0 Å². The fourth-order valence-electron chi connectivity index (χ4n) is 7.29. The highest BCUT2D eigenvalue weighted by Crippen LogP contribution is 2.68. The van der Waals surface area contributed by atoms with Gasteiger partial charge in [0.05, 0.1) is 6.10 Å². The van der Waals surface area contributed by atoms with Crippen LogP contribution in [0, 0.1) is 34.5 Å². The highest BCUT2D eigenvalue weighted by atomic mass is 35.5. The van der Waals surface area contributed by atoms with Crippen molar-refractivity contribution in [2.75, 3.05) is 6.61 Å². The van der Waals surface area contributed by atoms with Gasteiger partial charge < -0.3 is 30.0 Å². The minimum absolute atomic E-state index is 0.0525. The number of phosphoric acid groups is 1. The van der Waals surface area contributed by atoms with Gasteiger partial charge in [0.1, 0.15) is 12.2 Å². The van der Waals surface area contributed by atoms with Crippen LogP contribution in [0.15, 0.2) is 23.8 Å². The SMILES string of the molecule is C[C@@H]1C[C@H]2[C@H]3[C@H]([C@@H](O)C[C@]2(C)[C@@]1(O)C(=O)CO)[C@@]1(C)C=CC(=O)C=C1C[C@H]3Cl.O=P(O)(O)O. The van der Waals surface area contributed by atoms with Gasteiger partial charge in [-0.3, -0.25) is 9.59 Å². The van der Waals surface area contributed by atoms with Gasteiger partial charge in [0.15, 0.2) is 11.6 Å². The van der Waals surface area contributed by atoms with Gasteiger partial charge in [-0.25, -0.2) is 4.57 Å². The second-order valence-corrected chi connectivity index (χ2v) is 11.9. The second kappa shape index (κ2) is 8.64. The standard InChI is InChI=1S/C22H29ClO5.H3O4P/c1-11-6-14-18-15(23)8-12-7-13(25)4-5-20(12,2)19(18)16(26)9-21(14,3)22(11,28)17(27)10-24;1-5(2,3)4/h4-5,7,11,14-16,18-19,24,26,28H,6,8-10H2,1-3H3;(H3,1,2,3,4)/t11-,14+,15-,16+,18-,19+,20+,21+,22+;/m1./s1. The molecular weight excluding hydrogens is 475 g/mol. The Hall–Kier alpha value is -0.900. The zero-order chi connectivity index (χ0) is 25.1. The first-order valence-electron chi connectivity index (χ1n) is 10.9. The van der Waals surface area contributed by atoms with E-state index < -0.39 is 42.7 Å². The maximum absolute atomic E-state index is 12.6. The molecule has 6 N–H and O–H groups in total. The van der Waals surface area contributed by atoms with E-state index in [2.05, 4.69) is 6.92 Å². The Morgan fingerprint density at radius 2 is 1.85 bits per heavy atom. The molecule has 0 amide bonds. The van der Waals surface area contributed by atoms with E-state index >= 15 is 0 Å². The van der Waals surface area contributed by atoms with Crippen LogP contribution in [0.1, 0.15) is 40.0 Å². The number of halogens is 1. The highest BCUT2D eigenvalue weighted by Gasteiger charge is 2.71. The molecule has 0 aromatic rings. The lowest BCUT2D eigenvalue weighted by atomic mass is 9.46. The van der Waals surface area contributed by atoms with Crippen molar-refractivity contribution in [1.29, 1.82) is 0 Å². The average Bonchev–Trinajstić information content (AvgIpc) is 2.88. The minimum Gasteiger partial charge on any atom is -0.393 e. The van der Waals surface area contributed by atoms with Crippen molar-refractivity contribution in [3.8, 4) is 0 Å². The summed E-state index contributed by atoms with van der Waals surface area (Å²) < 4.78 is 8.88. The normalized spacial score (nSPS) is 46.4. The number of carbonyl (C=O) groups is 2. The zero-order valence-electron chi connectivity index (χ0n) is 18.8. The number of fused-ring (bicyclic) bond motifs is 5. The summed E-state index contributed by atoms with van der Waals surface area (Å²) in [5, 5.41) is 32.0. The molecule has 0 radical (unpaired) electrons. The van der Waals surface area contributed by atoms with Gasteiger partial charge >= 0.3 is 7.82 Å². The smallest absolute Gasteiger partial charge is 0.393 e. The van der Waals surface area contributed by atoms with E-state index in [1.54, 1.807) is 12.2 Å². The molecule has 4 aliphatic carbocycles. The molecule has 0 spiro atoms. The van der Waals surface area contributed by atoms with Crippen LogP contribution in [-0.2, 0) is 14.2 Å². The molecule has 9 nitrogen and oxygen atoms in total. The van der Waals surface area contributed by atoms with Gasteiger partial charge in [0, 0.05) is 22.1 Å².